The second kappa shape index (κ2) is 8.10. The van der Waals surface area contributed by atoms with Gasteiger partial charge in [0.1, 0.15) is 5.69 Å². The molecule has 0 atom stereocenters. The molecule has 0 unspecified atom stereocenters. The van der Waals surface area contributed by atoms with Crippen molar-refractivity contribution >= 4 is 21.8 Å². The summed E-state index contributed by atoms with van der Waals surface area (Å²) in [7, 11) is 0. The maximum atomic E-state index is 12.0. The molecule has 0 radical (unpaired) electrons. The molecule has 0 spiro atoms. The number of aromatic nitrogens is 2. The van der Waals surface area contributed by atoms with Crippen LogP contribution in [0.2, 0.25) is 0 Å². The molecule has 1 aromatic carbocycles. The van der Waals surface area contributed by atoms with Crippen LogP contribution in [-0.2, 0) is 4.74 Å². The minimum atomic E-state index is -0.177. The quantitative estimate of drug-likeness (QED) is 0.740. The molecule has 1 aromatic heterocycles. The number of H-pyrrole nitrogens is 1. The van der Waals surface area contributed by atoms with E-state index in [1.165, 1.54) is 0 Å². The fourth-order valence-electron chi connectivity index (χ4n) is 1.86. The van der Waals surface area contributed by atoms with Gasteiger partial charge in [-0.25, -0.2) is 0 Å². The lowest BCUT2D eigenvalue weighted by Crippen LogP contribution is -2.27. The zero-order chi connectivity index (χ0) is 15.9. The molecular formula is C16H20BrN3O2. The molecule has 0 aliphatic heterocycles. The van der Waals surface area contributed by atoms with Gasteiger partial charge in [-0.15, -0.1) is 0 Å². The van der Waals surface area contributed by atoms with Gasteiger partial charge in [-0.3, -0.25) is 9.89 Å². The third-order valence-electron chi connectivity index (χ3n) is 2.95. The summed E-state index contributed by atoms with van der Waals surface area (Å²) in [5.41, 5.74) is 2.15. The van der Waals surface area contributed by atoms with Gasteiger partial charge in [-0.05, 0) is 24.1 Å². The Morgan fingerprint density at radius 2 is 2.09 bits per heavy atom. The summed E-state index contributed by atoms with van der Waals surface area (Å²) >= 11 is 3.39. The maximum absolute atomic E-state index is 12.0. The molecule has 0 bridgehead atoms. The number of carbonyl (C=O) groups is 1. The highest BCUT2D eigenvalue weighted by Crippen LogP contribution is 2.20. The monoisotopic (exact) mass is 365 g/mol. The van der Waals surface area contributed by atoms with Gasteiger partial charge in [0, 0.05) is 23.2 Å². The third kappa shape index (κ3) is 4.96. The van der Waals surface area contributed by atoms with E-state index in [0.717, 1.165) is 15.7 Å². The van der Waals surface area contributed by atoms with Crippen molar-refractivity contribution in [2.24, 2.45) is 5.92 Å². The molecule has 1 amide bonds. The second-order valence-electron chi connectivity index (χ2n) is 5.40. The highest BCUT2D eigenvalue weighted by Gasteiger charge is 2.10. The molecular weight excluding hydrogens is 346 g/mol. The minimum absolute atomic E-state index is 0.177. The summed E-state index contributed by atoms with van der Waals surface area (Å²) in [5, 5.41) is 9.74. The molecule has 2 rings (SSSR count). The van der Waals surface area contributed by atoms with Crippen LogP contribution < -0.4 is 5.32 Å². The van der Waals surface area contributed by atoms with Crippen LogP contribution in [0.15, 0.2) is 34.8 Å². The zero-order valence-electron chi connectivity index (χ0n) is 12.7. The summed E-state index contributed by atoms with van der Waals surface area (Å²) in [5.74, 6) is 0.320. The van der Waals surface area contributed by atoms with Crippen LogP contribution in [0, 0.1) is 5.92 Å². The second-order valence-corrected chi connectivity index (χ2v) is 6.31. The van der Waals surface area contributed by atoms with Crippen LogP contribution in [0.25, 0.3) is 11.3 Å². The normalized spacial score (nSPS) is 10.9. The first-order chi connectivity index (χ1) is 10.6. The summed E-state index contributed by atoms with van der Waals surface area (Å²) in [4.78, 5) is 12.0. The third-order valence-corrected chi connectivity index (χ3v) is 3.47. The Morgan fingerprint density at radius 1 is 1.36 bits per heavy atom. The van der Waals surface area contributed by atoms with Crippen LogP contribution >= 0.6 is 15.9 Å². The first-order valence-corrected chi connectivity index (χ1v) is 8.03. The smallest absolute Gasteiger partial charge is 0.269 e. The van der Waals surface area contributed by atoms with Crippen LogP contribution in [0.5, 0.6) is 0 Å². The lowest BCUT2D eigenvalue weighted by molar-refractivity contribution is 0.0882. The van der Waals surface area contributed by atoms with E-state index < -0.39 is 0 Å². The Labute approximate surface area is 138 Å². The number of carbonyl (C=O) groups excluding carboxylic acids is 1. The first-order valence-electron chi connectivity index (χ1n) is 7.23. The molecule has 6 heteroatoms. The lowest BCUT2D eigenvalue weighted by atomic mass is 10.1. The average molecular weight is 366 g/mol. The van der Waals surface area contributed by atoms with E-state index in [1.807, 2.05) is 24.3 Å². The van der Waals surface area contributed by atoms with Gasteiger partial charge in [0.2, 0.25) is 0 Å². The SMILES string of the molecule is CC(C)COCCNC(=O)c1cc(-c2ccc(Br)cc2)n[nH]1. The minimum Gasteiger partial charge on any atom is -0.379 e. The van der Waals surface area contributed by atoms with Crippen LogP contribution in [0.4, 0.5) is 0 Å². The number of benzene rings is 1. The van der Waals surface area contributed by atoms with E-state index in [4.69, 9.17) is 4.74 Å². The largest absolute Gasteiger partial charge is 0.379 e. The molecule has 0 saturated heterocycles. The van der Waals surface area contributed by atoms with Gasteiger partial charge in [0.25, 0.3) is 5.91 Å². The lowest BCUT2D eigenvalue weighted by Gasteiger charge is -2.07. The highest BCUT2D eigenvalue weighted by molar-refractivity contribution is 9.10. The van der Waals surface area contributed by atoms with Crippen molar-refractivity contribution in [3.63, 3.8) is 0 Å². The van der Waals surface area contributed by atoms with Crippen LogP contribution in [0.1, 0.15) is 24.3 Å². The van der Waals surface area contributed by atoms with E-state index in [0.29, 0.717) is 31.4 Å². The number of amides is 1. The van der Waals surface area contributed by atoms with Gasteiger partial charge in [-0.2, -0.15) is 5.10 Å². The molecule has 2 N–H and O–H groups in total. The van der Waals surface area contributed by atoms with Crippen molar-refractivity contribution in [1.29, 1.82) is 0 Å². The molecule has 5 nitrogen and oxygen atoms in total. The van der Waals surface area contributed by atoms with E-state index in [9.17, 15) is 4.79 Å². The van der Waals surface area contributed by atoms with Crippen LogP contribution in [-0.4, -0.2) is 35.9 Å². The number of hydrogen-bond donors (Lipinski definition) is 2. The summed E-state index contributed by atoms with van der Waals surface area (Å²) in [6.07, 6.45) is 0. The fraction of sp³-hybridized carbons (Fsp3) is 0.375. The van der Waals surface area contributed by atoms with Crippen molar-refractivity contribution in [2.75, 3.05) is 19.8 Å². The predicted octanol–water partition coefficient (Wildman–Crippen LogP) is 3.24. The fourth-order valence-corrected chi connectivity index (χ4v) is 2.12. The predicted molar refractivity (Wildman–Crippen MR) is 89.7 cm³/mol. The Hall–Kier alpha value is -1.66. The van der Waals surface area contributed by atoms with E-state index in [-0.39, 0.29) is 5.91 Å². The van der Waals surface area contributed by atoms with E-state index >= 15 is 0 Å². The molecule has 0 fully saturated rings. The van der Waals surface area contributed by atoms with Crippen molar-refractivity contribution < 1.29 is 9.53 Å². The average Bonchev–Trinajstić information content (AvgIpc) is 2.97. The Balaban J connectivity index is 1.85. The van der Waals surface area contributed by atoms with Gasteiger partial charge < -0.3 is 10.1 Å². The topological polar surface area (TPSA) is 67.0 Å². The van der Waals surface area contributed by atoms with Gasteiger partial charge in [0.05, 0.1) is 12.3 Å². The Morgan fingerprint density at radius 3 is 2.77 bits per heavy atom. The van der Waals surface area contributed by atoms with E-state index in [1.54, 1.807) is 6.07 Å². The summed E-state index contributed by atoms with van der Waals surface area (Å²) in [6.45, 7) is 5.88. The molecule has 0 saturated carbocycles. The van der Waals surface area contributed by atoms with E-state index in [2.05, 4.69) is 45.3 Å². The van der Waals surface area contributed by atoms with Crippen molar-refractivity contribution in [1.82, 2.24) is 15.5 Å². The molecule has 0 aliphatic carbocycles. The molecule has 22 heavy (non-hydrogen) atoms. The maximum Gasteiger partial charge on any atom is 0.269 e. The number of nitrogens with one attached hydrogen (secondary N) is 2. The number of aromatic amines is 1. The summed E-state index contributed by atoms with van der Waals surface area (Å²) in [6, 6.07) is 9.52. The molecule has 0 aliphatic rings. The standard InChI is InChI=1S/C16H20BrN3O2/c1-11(2)10-22-8-7-18-16(21)15-9-14(19-20-15)12-3-5-13(17)6-4-12/h3-6,9,11H,7-8,10H2,1-2H3,(H,18,21)(H,19,20). The summed E-state index contributed by atoms with van der Waals surface area (Å²) < 4.78 is 6.43. The van der Waals surface area contributed by atoms with Gasteiger partial charge in [0.15, 0.2) is 0 Å². The highest BCUT2D eigenvalue weighted by atomic mass is 79.9. The first kappa shape index (κ1) is 16.7. The van der Waals surface area contributed by atoms with Crippen molar-refractivity contribution in [3.05, 3.63) is 40.5 Å². The van der Waals surface area contributed by atoms with Gasteiger partial charge >= 0.3 is 0 Å². The number of rotatable bonds is 7. The number of halogens is 1. The van der Waals surface area contributed by atoms with Crippen molar-refractivity contribution in [3.8, 4) is 11.3 Å². The zero-order valence-corrected chi connectivity index (χ0v) is 14.3. The van der Waals surface area contributed by atoms with Gasteiger partial charge in [-0.1, -0.05) is 41.9 Å². The number of ether oxygens (including phenoxy) is 1. The Kier molecular flexibility index (Phi) is 6.15. The number of hydrogen-bond acceptors (Lipinski definition) is 3. The van der Waals surface area contributed by atoms with Crippen molar-refractivity contribution in [2.45, 2.75) is 13.8 Å². The molecule has 118 valence electrons. The Bertz CT molecular complexity index is 608. The molecule has 1 heterocycles. The molecule has 2 aromatic rings. The number of nitrogens with zero attached hydrogens (tertiary/aromatic N) is 1. The van der Waals surface area contributed by atoms with Crippen LogP contribution in [0.3, 0.4) is 0 Å².